The van der Waals surface area contributed by atoms with Crippen molar-refractivity contribution < 1.29 is 0 Å². The maximum atomic E-state index is 6.20. The number of nitrogens with two attached hydrogens (primary N) is 1. The summed E-state index contributed by atoms with van der Waals surface area (Å²) in [5.74, 6) is 0. The Balaban J connectivity index is 2.46. The number of pyridine rings is 1. The molecule has 1 aromatic heterocycles. The Morgan fingerprint density at radius 1 is 1.27 bits per heavy atom. The predicted molar refractivity (Wildman–Crippen MR) is 63.4 cm³/mol. The summed E-state index contributed by atoms with van der Waals surface area (Å²) in [5, 5.41) is 0.876. The summed E-state index contributed by atoms with van der Waals surface area (Å²) in [6.45, 7) is 4.09. The van der Waals surface area contributed by atoms with Gasteiger partial charge in [0, 0.05) is 11.0 Å². The highest BCUT2D eigenvalue weighted by atomic mass is 35.5. The summed E-state index contributed by atoms with van der Waals surface area (Å²) in [5.41, 5.74) is 7.09. The van der Waals surface area contributed by atoms with Gasteiger partial charge in [0.05, 0.1) is 0 Å². The highest BCUT2D eigenvalue weighted by Gasteiger charge is 2.53. The minimum atomic E-state index is -0.249. The highest BCUT2D eigenvalue weighted by Crippen LogP contribution is 2.55. The zero-order chi connectivity index (χ0) is 11.3. The van der Waals surface area contributed by atoms with Crippen LogP contribution in [0.2, 0.25) is 10.3 Å². The van der Waals surface area contributed by atoms with E-state index in [1.54, 1.807) is 0 Å². The van der Waals surface area contributed by atoms with Gasteiger partial charge in [0.25, 0.3) is 0 Å². The van der Waals surface area contributed by atoms with E-state index in [1.165, 1.54) is 0 Å². The predicted octanol–water partition coefficient (Wildman–Crippen LogP) is 3.16. The van der Waals surface area contributed by atoms with Crippen molar-refractivity contribution in [2.75, 3.05) is 0 Å². The lowest BCUT2D eigenvalue weighted by Crippen LogP contribution is -2.45. The minimum Gasteiger partial charge on any atom is -0.325 e. The first-order valence-electron chi connectivity index (χ1n) is 4.98. The summed E-state index contributed by atoms with van der Waals surface area (Å²) in [6.07, 6.45) is 2.18. The SMILES string of the molecule is CC(C)(N)C1(c2cc(Cl)nc(Cl)c2)CC1. The lowest BCUT2D eigenvalue weighted by molar-refractivity contribution is 0.391. The highest BCUT2D eigenvalue weighted by molar-refractivity contribution is 6.32. The molecule has 0 bridgehead atoms. The summed E-state index contributed by atoms with van der Waals surface area (Å²) < 4.78 is 0. The van der Waals surface area contributed by atoms with E-state index in [2.05, 4.69) is 4.98 Å². The molecule has 4 heteroatoms. The van der Waals surface area contributed by atoms with E-state index in [9.17, 15) is 0 Å². The van der Waals surface area contributed by atoms with Crippen LogP contribution in [0.1, 0.15) is 32.3 Å². The van der Waals surface area contributed by atoms with Crippen molar-refractivity contribution in [3.05, 3.63) is 28.0 Å². The fourth-order valence-electron chi connectivity index (χ4n) is 2.17. The van der Waals surface area contributed by atoms with Crippen LogP contribution in [-0.4, -0.2) is 10.5 Å². The molecule has 15 heavy (non-hydrogen) atoms. The topological polar surface area (TPSA) is 38.9 Å². The van der Waals surface area contributed by atoms with E-state index in [4.69, 9.17) is 28.9 Å². The third kappa shape index (κ3) is 1.86. The number of rotatable bonds is 2. The molecule has 1 aliphatic carbocycles. The Morgan fingerprint density at radius 2 is 1.73 bits per heavy atom. The van der Waals surface area contributed by atoms with Crippen molar-refractivity contribution in [3.63, 3.8) is 0 Å². The van der Waals surface area contributed by atoms with Crippen molar-refractivity contribution in [1.82, 2.24) is 4.98 Å². The average Bonchev–Trinajstić information content (AvgIpc) is 2.79. The number of hydrogen-bond donors (Lipinski definition) is 1. The van der Waals surface area contributed by atoms with Crippen molar-refractivity contribution in [3.8, 4) is 0 Å². The Labute approximate surface area is 99.8 Å². The second-order valence-electron chi connectivity index (χ2n) is 4.81. The van der Waals surface area contributed by atoms with Crippen molar-refractivity contribution >= 4 is 23.2 Å². The van der Waals surface area contributed by atoms with Gasteiger partial charge < -0.3 is 5.73 Å². The molecule has 1 heterocycles. The van der Waals surface area contributed by atoms with E-state index in [0.29, 0.717) is 10.3 Å². The van der Waals surface area contributed by atoms with Gasteiger partial charge in [-0.1, -0.05) is 23.2 Å². The van der Waals surface area contributed by atoms with Gasteiger partial charge in [0.1, 0.15) is 10.3 Å². The molecule has 0 atom stereocenters. The molecule has 1 fully saturated rings. The first-order valence-corrected chi connectivity index (χ1v) is 5.73. The molecular formula is C11H14Cl2N2. The lowest BCUT2D eigenvalue weighted by Gasteiger charge is -2.31. The molecular weight excluding hydrogens is 231 g/mol. The molecule has 82 valence electrons. The van der Waals surface area contributed by atoms with Gasteiger partial charge in [-0.25, -0.2) is 4.98 Å². The number of nitrogens with zero attached hydrogens (tertiary/aromatic N) is 1. The Kier molecular flexibility index (Phi) is 2.49. The molecule has 2 nitrogen and oxygen atoms in total. The number of hydrogen-bond acceptors (Lipinski definition) is 2. The molecule has 0 unspecified atom stereocenters. The molecule has 2 rings (SSSR count). The standard InChI is InChI=1S/C11H14Cl2N2/c1-10(2,14)11(3-4-11)7-5-8(12)15-9(13)6-7/h5-6H,3-4,14H2,1-2H3. The molecule has 0 spiro atoms. The van der Waals surface area contributed by atoms with Gasteiger partial charge in [-0.15, -0.1) is 0 Å². The summed E-state index contributed by atoms with van der Waals surface area (Å²) in [7, 11) is 0. The molecule has 1 aromatic rings. The van der Waals surface area contributed by atoms with Crippen LogP contribution in [0.4, 0.5) is 0 Å². The van der Waals surface area contributed by atoms with Crippen LogP contribution in [-0.2, 0) is 5.41 Å². The quantitative estimate of drug-likeness (QED) is 0.813. The number of halogens is 2. The van der Waals surface area contributed by atoms with Crippen LogP contribution >= 0.6 is 23.2 Å². The van der Waals surface area contributed by atoms with Gasteiger partial charge in [-0.2, -0.15) is 0 Å². The zero-order valence-corrected chi connectivity index (χ0v) is 10.4. The Bertz CT molecular complexity index is 372. The molecule has 1 saturated carbocycles. The maximum absolute atomic E-state index is 6.20. The molecule has 1 aliphatic rings. The van der Waals surface area contributed by atoms with Crippen LogP contribution < -0.4 is 5.73 Å². The molecule has 0 radical (unpaired) electrons. The first kappa shape index (κ1) is 11.2. The maximum Gasteiger partial charge on any atom is 0.131 e. The smallest absolute Gasteiger partial charge is 0.131 e. The van der Waals surface area contributed by atoms with E-state index < -0.39 is 0 Å². The third-order valence-electron chi connectivity index (χ3n) is 3.30. The second-order valence-corrected chi connectivity index (χ2v) is 5.58. The largest absolute Gasteiger partial charge is 0.325 e. The first-order chi connectivity index (χ1) is 6.85. The Morgan fingerprint density at radius 3 is 2.07 bits per heavy atom. The molecule has 0 saturated heterocycles. The molecule has 2 N–H and O–H groups in total. The molecule has 0 aliphatic heterocycles. The number of aromatic nitrogens is 1. The normalized spacial score (nSPS) is 19.0. The Hall–Kier alpha value is -0.310. The van der Waals surface area contributed by atoms with Gasteiger partial charge in [-0.3, -0.25) is 0 Å². The average molecular weight is 245 g/mol. The van der Waals surface area contributed by atoms with Crippen molar-refractivity contribution in [1.29, 1.82) is 0 Å². The fraction of sp³-hybridized carbons (Fsp3) is 0.545. The lowest BCUT2D eigenvalue weighted by atomic mass is 9.80. The van der Waals surface area contributed by atoms with E-state index >= 15 is 0 Å². The van der Waals surface area contributed by atoms with Gasteiger partial charge in [-0.05, 0) is 44.4 Å². The van der Waals surface area contributed by atoms with Gasteiger partial charge in [0.15, 0.2) is 0 Å². The van der Waals surface area contributed by atoms with Crippen molar-refractivity contribution in [2.45, 2.75) is 37.6 Å². The third-order valence-corrected chi connectivity index (χ3v) is 3.69. The van der Waals surface area contributed by atoms with Crippen LogP contribution in [0.15, 0.2) is 12.1 Å². The monoisotopic (exact) mass is 244 g/mol. The summed E-state index contributed by atoms with van der Waals surface area (Å²) >= 11 is 11.8. The van der Waals surface area contributed by atoms with Crippen LogP contribution in [0, 0.1) is 0 Å². The summed E-state index contributed by atoms with van der Waals surface area (Å²) in [4.78, 5) is 3.95. The van der Waals surface area contributed by atoms with Gasteiger partial charge in [0.2, 0.25) is 0 Å². The van der Waals surface area contributed by atoms with E-state index in [0.717, 1.165) is 18.4 Å². The van der Waals surface area contributed by atoms with E-state index in [-0.39, 0.29) is 11.0 Å². The second kappa shape index (κ2) is 3.34. The zero-order valence-electron chi connectivity index (χ0n) is 8.85. The summed E-state index contributed by atoms with van der Waals surface area (Å²) in [6, 6.07) is 3.74. The molecule has 0 aromatic carbocycles. The van der Waals surface area contributed by atoms with E-state index in [1.807, 2.05) is 26.0 Å². The van der Waals surface area contributed by atoms with Crippen LogP contribution in [0.5, 0.6) is 0 Å². The van der Waals surface area contributed by atoms with Gasteiger partial charge >= 0.3 is 0 Å². The fourth-order valence-corrected chi connectivity index (χ4v) is 2.63. The minimum absolute atomic E-state index is 0.0310. The van der Waals surface area contributed by atoms with Crippen LogP contribution in [0.3, 0.4) is 0 Å². The van der Waals surface area contributed by atoms with Crippen molar-refractivity contribution in [2.24, 2.45) is 5.73 Å². The molecule has 0 amide bonds. The van der Waals surface area contributed by atoms with Crippen LogP contribution in [0.25, 0.3) is 0 Å².